The first-order valence-corrected chi connectivity index (χ1v) is 26.2. The summed E-state index contributed by atoms with van der Waals surface area (Å²) in [6.07, 6.45) is 0. The van der Waals surface area contributed by atoms with Gasteiger partial charge in [-0.1, -0.05) is 170 Å². The molecular weight excluding hydrogens is 880 g/mol. The highest BCUT2D eigenvalue weighted by Gasteiger charge is 2.44. The van der Waals surface area contributed by atoms with Crippen molar-refractivity contribution in [2.45, 2.75) is 81.6 Å². The summed E-state index contributed by atoms with van der Waals surface area (Å²) < 4.78 is 2.79. The van der Waals surface area contributed by atoms with Crippen molar-refractivity contribution in [2.75, 3.05) is 4.90 Å². The molecule has 1 aromatic heterocycles. The molecule has 2 aliphatic rings. The van der Waals surface area contributed by atoms with E-state index >= 15 is 0 Å². The zero-order valence-electron chi connectivity index (χ0n) is 44.1. The van der Waals surface area contributed by atoms with Gasteiger partial charge in [-0.05, 0) is 197 Å². The van der Waals surface area contributed by atoms with Gasteiger partial charge < -0.3 is 9.38 Å². The molecule has 0 spiro atoms. The third kappa shape index (κ3) is 6.99. The Morgan fingerprint density at radius 2 is 0.932 bits per heavy atom. The van der Waals surface area contributed by atoms with Crippen LogP contribution >= 0.6 is 0 Å². The van der Waals surface area contributed by atoms with Crippen LogP contribution in [0, 0.1) is 55.4 Å². The predicted molar refractivity (Wildman–Crippen MR) is 316 cm³/mol. The van der Waals surface area contributed by atoms with Crippen LogP contribution in [0.15, 0.2) is 170 Å². The van der Waals surface area contributed by atoms with Gasteiger partial charge in [-0.2, -0.15) is 0 Å². The molecule has 0 atom stereocenters. The van der Waals surface area contributed by atoms with Crippen LogP contribution in [0.3, 0.4) is 0 Å². The molecule has 0 bridgehead atoms. The van der Waals surface area contributed by atoms with Crippen molar-refractivity contribution in [3.05, 3.63) is 220 Å². The molecule has 3 heteroatoms. The molecule has 13 rings (SSSR count). The molecule has 0 amide bonds. The molecule has 0 fully saturated rings. The van der Waals surface area contributed by atoms with Gasteiger partial charge >= 0.3 is 6.85 Å². The molecule has 0 saturated heterocycles. The number of nitrogens with zero attached hydrogens (tertiary/aromatic N) is 2. The van der Waals surface area contributed by atoms with Gasteiger partial charge in [0.25, 0.3) is 0 Å². The van der Waals surface area contributed by atoms with Gasteiger partial charge in [0.1, 0.15) is 0 Å². The maximum atomic E-state index is 2.79. The van der Waals surface area contributed by atoms with E-state index in [0.717, 1.165) is 5.69 Å². The Labute approximate surface area is 431 Å². The van der Waals surface area contributed by atoms with Gasteiger partial charge in [0.2, 0.25) is 0 Å². The Morgan fingerprint density at radius 1 is 0.370 bits per heavy atom. The van der Waals surface area contributed by atoms with E-state index in [4.69, 9.17) is 0 Å². The SMILES string of the molecule is Cc1cc(C)cc(-c2ccc(N3c4ccc(-c5cc(C)cc(C)c5)cc4B4c5c(cc(C(C)(C)C)cc53)-c3cc(-c5c(C)cccc5C)cc5c6cc(-c7c(C)cccc7C)c7ccccc7c6n4c35)cc2)c1. The van der Waals surface area contributed by atoms with Gasteiger partial charge in [-0.25, -0.2) is 0 Å². The number of rotatable bonds is 5. The average Bonchev–Trinajstić information content (AvgIpc) is 3.70. The molecule has 0 saturated carbocycles. The third-order valence-corrected chi connectivity index (χ3v) is 16.3. The van der Waals surface area contributed by atoms with Crippen molar-refractivity contribution in [1.82, 2.24) is 4.48 Å². The number of hydrogen-bond acceptors (Lipinski definition) is 1. The Balaban J connectivity index is 1.20. The van der Waals surface area contributed by atoms with E-state index in [-0.39, 0.29) is 12.3 Å². The quantitative estimate of drug-likeness (QED) is 0.156. The third-order valence-electron chi connectivity index (χ3n) is 16.3. The lowest BCUT2D eigenvalue weighted by atomic mass is 9.44. The highest BCUT2D eigenvalue weighted by molar-refractivity contribution is 6.90. The first-order valence-electron chi connectivity index (χ1n) is 26.2. The molecule has 73 heavy (non-hydrogen) atoms. The molecule has 0 aliphatic carbocycles. The summed E-state index contributed by atoms with van der Waals surface area (Å²) >= 11 is 0. The molecule has 3 heterocycles. The molecule has 0 N–H and O–H groups in total. The van der Waals surface area contributed by atoms with Crippen LogP contribution in [-0.4, -0.2) is 11.3 Å². The van der Waals surface area contributed by atoms with Crippen molar-refractivity contribution < 1.29 is 0 Å². The van der Waals surface area contributed by atoms with Crippen LogP contribution in [0.5, 0.6) is 0 Å². The van der Waals surface area contributed by atoms with Crippen molar-refractivity contribution >= 4 is 67.4 Å². The fourth-order valence-electron chi connectivity index (χ4n) is 13.2. The topological polar surface area (TPSA) is 8.17 Å². The fraction of sp³-hybridized carbons (Fsp3) is 0.171. The number of aryl methyl sites for hydroxylation is 8. The average molecular weight is 941 g/mol. The molecule has 2 nitrogen and oxygen atoms in total. The lowest BCUT2D eigenvalue weighted by Crippen LogP contribution is -2.57. The summed E-state index contributed by atoms with van der Waals surface area (Å²) in [6.45, 7) is 24.9. The highest BCUT2D eigenvalue weighted by atomic mass is 15.2. The van der Waals surface area contributed by atoms with Crippen LogP contribution < -0.4 is 15.8 Å². The van der Waals surface area contributed by atoms with E-state index in [2.05, 4.69) is 255 Å². The molecule has 11 aromatic rings. The zero-order valence-corrected chi connectivity index (χ0v) is 44.1. The van der Waals surface area contributed by atoms with Gasteiger partial charge in [0.15, 0.2) is 0 Å². The standard InChI is InChI=1S/C70H61BN2/c1-40-28-41(2)31-50(30-40)48-22-25-54(26-23-48)72-63-27-24-49(51-32-42(3)29-43(4)33-51)36-62(63)71-67-58(37-53(38-64(67)72)70(9,10)11)59-34-52(65-44(5)16-14-17-45(65)6)35-60-61-39-57(66-46(7)18-15-19-47(66)8)55-20-12-13-21-56(55)68(61)73(71)69(59)60/h12-39H,1-11H3. The normalized spacial score (nSPS) is 12.8. The Hall–Kier alpha value is -7.88. The molecule has 10 aromatic carbocycles. The molecule has 0 radical (unpaired) electrons. The number of hydrogen-bond donors (Lipinski definition) is 0. The Bertz CT molecular complexity index is 4080. The largest absolute Gasteiger partial charge is 0.375 e. The summed E-state index contributed by atoms with van der Waals surface area (Å²) in [4.78, 5) is 2.59. The van der Waals surface area contributed by atoms with Gasteiger partial charge in [-0.3, -0.25) is 0 Å². The lowest BCUT2D eigenvalue weighted by molar-refractivity contribution is 0.590. The Kier molecular flexibility index (Phi) is 10.1. The first kappa shape index (κ1) is 45.0. The summed E-state index contributed by atoms with van der Waals surface area (Å²) in [5.41, 5.74) is 33.1. The minimum Gasteiger partial charge on any atom is -0.375 e. The first-order chi connectivity index (χ1) is 35.1. The van der Waals surface area contributed by atoms with Crippen LogP contribution in [0.4, 0.5) is 17.1 Å². The van der Waals surface area contributed by atoms with E-state index in [1.165, 1.54) is 161 Å². The van der Waals surface area contributed by atoms with Crippen LogP contribution in [0.2, 0.25) is 0 Å². The second kappa shape index (κ2) is 16.3. The van der Waals surface area contributed by atoms with E-state index in [9.17, 15) is 0 Å². The summed E-state index contributed by atoms with van der Waals surface area (Å²) in [6, 6.07) is 66.0. The molecular formula is C70H61BN2. The van der Waals surface area contributed by atoms with Crippen LogP contribution in [-0.2, 0) is 5.41 Å². The lowest BCUT2D eigenvalue weighted by Gasteiger charge is -2.42. The minimum absolute atomic E-state index is 0.126. The van der Waals surface area contributed by atoms with E-state index in [1.807, 2.05) is 0 Å². The van der Waals surface area contributed by atoms with E-state index < -0.39 is 0 Å². The van der Waals surface area contributed by atoms with Gasteiger partial charge in [0.05, 0.1) is 0 Å². The maximum absolute atomic E-state index is 2.79. The summed E-state index contributed by atoms with van der Waals surface area (Å²) in [7, 11) is 0. The van der Waals surface area contributed by atoms with Crippen LogP contribution in [0.25, 0.3) is 88.2 Å². The number of benzene rings is 10. The summed E-state index contributed by atoms with van der Waals surface area (Å²) in [5, 5.41) is 5.15. The molecule has 2 aliphatic heterocycles. The zero-order chi connectivity index (χ0) is 50.4. The smallest absolute Gasteiger partial charge is 0.333 e. The second-order valence-corrected chi connectivity index (χ2v) is 22.7. The Morgan fingerprint density at radius 3 is 1.55 bits per heavy atom. The minimum atomic E-state index is -0.128. The maximum Gasteiger partial charge on any atom is 0.333 e. The van der Waals surface area contributed by atoms with Crippen molar-refractivity contribution in [3.8, 4) is 55.6 Å². The van der Waals surface area contributed by atoms with Gasteiger partial charge in [-0.15, -0.1) is 0 Å². The van der Waals surface area contributed by atoms with Crippen molar-refractivity contribution in [3.63, 3.8) is 0 Å². The van der Waals surface area contributed by atoms with E-state index in [1.54, 1.807) is 0 Å². The summed E-state index contributed by atoms with van der Waals surface area (Å²) in [5.74, 6) is 0. The predicted octanol–water partition coefficient (Wildman–Crippen LogP) is 17.8. The van der Waals surface area contributed by atoms with E-state index in [0.29, 0.717) is 0 Å². The van der Waals surface area contributed by atoms with Crippen molar-refractivity contribution in [1.29, 1.82) is 0 Å². The van der Waals surface area contributed by atoms with Crippen LogP contribution in [0.1, 0.15) is 70.8 Å². The number of fused-ring (bicyclic) bond motifs is 9. The van der Waals surface area contributed by atoms with Gasteiger partial charge in [0, 0.05) is 49.8 Å². The second-order valence-electron chi connectivity index (χ2n) is 22.7. The molecule has 354 valence electrons. The number of anilines is 3. The molecule has 0 unspecified atom stereocenters. The monoisotopic (exact) mass is 940 g/mol. The highest BCUT2D eigenvalue weighted by Crippen LogP contribution is 2.51. The fourth-order valence-corrected chi connectivity index (χ4v) is 13.2. The number of aromatic nitrogens is 1. The van der Waals surface area contributed by atoms with Crippen molar-refractivity contribution in [2.24, 2.45) is 0 Å².